The summed E-state index contributed by atoms with van der Waals surface area (Å²) in [4.78, 5) is 14.8. The molecule has 1 heterocycles. The summed E-state index contributed by atoms with van der Waals surface area (Å²) >= 11 is 6.10. The zero-order valence-corrected chi connectivity index (χ0v) is 23.7. The molecule has 3 aromatic rings. The van der Waals surface area contributed by atoms with Crippen molar-refractivity contribution < 1.29 is 50.3 Å². The second-order valence-electron chi connectivity index (χ2n) is 8.45. The number of amides is 1. The minimum Gasteiger partial charge on any atom is -0.491 e. The third kappa shape index (κ3) is 8.22. The fraction of sp³-hybridized carbons (Fsp3) is 0.308. The smallest absolute Gasteiger partial charge is 0.420 e. The van der Waals surface area contributed by atoms with Crippen LogP contribution in [-0.4, -0.2) is 45.3 Å². The van der Waals surface area contributed by atoms with E-state index in [2.05, 4.69) is 9.17 Å². The zero-order chi connectivity index (χ0) is 29.7. The van der Waals surface area contributed by atoms with Crippen molar-refractivity contribution in [1.82, 2.24) is 4.98 Å². The summed E-state index contributed by atoms with van der Waals surface area (Å²) < 4.78 is 86.1. The van der Waals surface area contributed by atoms with Gasteiger partial charge in [0.25, 0.3) is 0 Å². The van der Waals surface area contributed by atoms with E-state index in [1.165, 1.54) is 25.3 Å². The first kappa shape index (κ1) is 33.6. The van der Waals surface area contributed by atoms with Crippen molar-refractivity contribution in [2.75, 3.05) is 20.3 Å². The normalized spacial score (nSPS) is 11.5. The van der Waals surface area contributed by atoms with E-state index in [1.807, 2.05) is 6.92 Å². The monoisotopic (exact) mass is 620 g/mol. The molecule has 1 amide bonds. The van der Waals surface area contributed by atoms with E-state index in [0.717, 1.165) is 0 Å². The van der Waals surface area contributed by atoms with Crippen molar-refractivity contribution in [2.24, 2.45) is 5.73 Å². The van der Waals surface area contributed by atoms with Crippen LogP contribution in [0.1, 0.15) is 30.0 Å². The molecule has 1 aromatic heterocycles. The van der Waals surface area contributed by atoms with Gasteiger partial charge in [-0.2, -0.15) is 21.6 Å². The highest BCUT2D eigenvalue weighted by atomic mass is 35.5. The number of benzene rings is 2. The molecule has 0 saturated carbocycles. The highest BCUT2D eigenvalue weighted by Gasteiger charge is 2.32. The largest absolute Gasteiger partial charge is 0.491 e. The number of aryl methyl sites for hydroxylation is 1. The number of nitrogens with two attached hydrogens (primary N) is 1. The molecule has 0 unspecified atom stereocenters. The molecule has 0 saturated heterocycles. The molecule has 2 aromatic carbocycles. The van der Waals surface area contributed by atoms with Crippen molar-refractivity contribution in [3.8, 4) is 28.5 Å². The summed E-state index contributed by atoms with van der Waals surface area (Å²) in [6.45, 7) is 4.03. The number of primary amides is 1. The number of alkyl halides is 3. The Kier molecular flexibility index (Phi) is 11.4. The highest BCUT2D eigenvalue weighted by molar-refractivity contribution is 7.87. The molecule has 0 atom stereocenters. The van der Waals surface area contributed by atoms with Gasteiger partial charge in [0.1, 0.15) is 28.0 Å². The molecule has 10 nitrogen and oxygen atoms in total. The fourth-order valence-corrected chi connectivity index (χ4v) is 5.14. The Hall–Kier alpha value is -3.59. The van der Waals surface area contributed by atoms with Gasteiger partial charge in [0.15, 0.2) is 0 Å². The molecule has 0 aliphatic rings. The average molecular weight is 621 g/mol. The molecule has 4 N–H and O–H groups in total. The average Bonchev–Trinajstić information content (AvgIpc) is 2.85. The number of halogens is 4. The van der Waals surface area contributed by atoms with Crippen molar-refractivity contribution in [3.63, 3.8) is 0 Å². The minimum atomic E-state index is -4.67. The van der Waals surface area contributed by atoms with Gasteiger partial charge in [0.2, 0.25) is 5.88 Å². The van der Waals surface area contributed by atoms with E-state index in [4.69, 9.17) is 31.5 Å². The first-order chi connectivity index (χ1) is 18.8. The second kappa shape index (κ2) is 13.9. The predicted octanol–water partition coefficient (Wildman–Crippen LogP) is 5.46. The van der Waals surface area contributed by atoms with Crippen molar-refractivity contribution >= 4 is 27.8 Å². The lowest BCUT2D eigenvalue weighted by Gasteiger charge is -2.20. The van der Waals surface area contributed by atoms with E-state index >= 15 is 0 Å². The van der Waals surface area contributed by atoms with E-state index in [0.29, 0.717) is 46.7 Å². The van der Waals surface area contributed by atoms with Gasteiger partial charge in [-0.3, -0.25) is 0 Å². The standard InChI is InChI=1S/C26H26ClF3N2O7S.H2O/c1-4-5-19-22(40(34,35)39-25(31)33)9-6-15(2)23(19)18-8-7-17(37-11-10-36-3)13-21(18)38-24-20(27)12-16(14-32-24)26(28,29)30;/h6-9,12-14H,4-5,10-11H2,1-3H3,(H2,31,33);1H2. The maximum absolute atomic E-state index is 13.1. The van der Waals surface area contributed by atoms with Gasteiger partial charge in [-0.05, 0) is 54.3 Å². The number of hydrogen-bond acceptors (Lipinski definition) is 8. The lowest BCUT2D eigenvalue weighted by molar-refractivity contribution is -0.137. The SMILES string of the molecule is CCCc1c(S(=O)(=O)OC(N)=O)ccc(C)c1-c1ccc(OCCOC)cc1Oc1ncc(C(F)(F)F)cc1Cl.O. The second-order valence-corrected chi connectivity index (χ2v) is 10.4. The first-order valence-electron chi connectivity index (χ1n) is 11.8. The Morgan fingerprint density at radius 1 is 1.12 bits per heavy atom. The summed E-state index contributed by atoms with van der Waals surface area (Å²) in [5.74, 6) is 0.0738. The number of ether oxygens (including phenoxy) is 3. The molecule has 0 aliphatic carbocycles. The van der Waals surface area contributed by atoms with Crippen molar-refractivity contribution in [3.05, 3.63) is 64.3 Å². The molecular weight excluding hydrogens is 593 g/mol. The number of hydrogen-bond donors (Lipinski definition) is 1. The Bertz CT molecular complexity index is 1500. The molecule has 0 bridgehead atoms. The Morgan fingerprint density at radius 2 is 1.83 bits per heavy atom. The number of aromatic nitrogens is 1. The molecule has 41 heavy (non-hydrogen) atoms. The molecule has 224 valence electrons. The molecular formula is C26H28ClF3N2O8S. The molecule has 0 fully saturated rings. The molecule has 3 rings (SSSR count). The van der Waals surface area contributed by atoms with Gasteiger partial charge in [0, 0.05) is 24.9 Å². The van der Waals surface area contributed by atoms with Crippen LogP contribution in [0.4, 0.5) is 18.0 Å². The Morgan fingerprint density at radius 3 is 2.41 bits per heavy atom. The van der Waals surface area contributed by atoms with Crippen LogP contribution in [0.25, 0.3) is 11.1 Å². The molecule has 15 heteroatoms. The lowest BCUT2D eigenvalue weighted by Crippen LogP contribution is -2.20. The maximum atomic E-state index is 13.1. The number of rotatable bonds is 11. The number of methoxy groups -OCH3 is 1. The minimum absolute atomic E-state index is 0. The van der Waals surface area contributed by atoms with Crippen LogP contribution in [0.15, 0.2) is 47.5 Å². The van der Waals surface area contributed by atoms with Gasteiger partial charge in [-0.15, -0.1) is 0 Å². The van der Waals surface area contributed by atoms with Crippen LogP contribution >= 0.6 is 11.6 Å². The summed E-state index contributed by atoms with van der Waals surface area (Å²) in [6, 6.07) is 8.18. The first-order valence-corrected chi connectivity index (χ1v) is 13.6. The van der Waals surface area contributed by atoms with Crippen LogP contribution < -0.4 is 15.2 Å². The van der Waals surface area contributed by atoms with Crippen molar-refractivity contribution in [1.29, 1.82) is 0 Å². The molecule has 0 radical (unpaired) electrons. The number of carbonyl (C=O) groups is 1. The topological polar surface area (TPSA) is 159 Å². The highest BCUT2D eigenvalue weighted by Crippen LogP contribution is 2.43. The quantitative estimate of drug-likeness (QED) is 0.219. The summed E-state index contributed by atoms with van der Waals surface area (Å²) in [7, 11) is -3.07. The summed E-state index contributed by atoms with van der Waals surface area (Å²) in [5, 5.41) is -0.400. The van der Waals surface area contributed by atoms with Gasteiger partial charge in [-0.25, -0.2) is 9.78 Å². The summed E-state index contributed by atoms with van der Waals surface area (Å²) in [6.07, 6.45) is -4.81. The van der Waals surface area contributed by atoms with Crippen LogP contribution in [0.2, 0.25) is 5.02 Å². The van der Waals surface area contributed by atoms with E-state index in [-0.39, 0.29) is 41.6 Å². The van der Waals surface area contributed by atoms with Gasteiger partial charge >= 0.3 is 22.4 Å². The number of pyridine rings is 1. The van der Waals surface area contributed by atoms with E-state index < -0.39 is 33.0 Å². The van der Waals surface area contributed by atoms with Crippen molar-refractivity contribution in [2.45, 2.75) is 37.8 Å². The van der Waals surface area contributed by atoms with E-state index in [1.54, 1.807) is 19.1 Å². The van der Waals surface area contributed by atoms with Gasteiger partial charge in [0.05, 0.1) is 12.2 Å². The predicted molar refractivity (Wildman–Crippen MR) is 144 cm³/mol. The third-order valence-corrected chi connectivity index (χ3v) is 7.14. The van der Waals surface area contributed by atoms with Gasteiger partial charge < -0.3 is 29.6 Å². The maximum Gasteiger partial charge on any atom is 0.420 e. The number of carbonyl (C=O) groups excluding carboxylic acids is 1. The van der Waals surface area contributed by atoms with Crippen LogP contribution in [-0.2, 0) is 31.6 Å². The fourth-order valence-electron chi connectivity index (χ4n) is 3.89. The lowest BCUT2D eigenvalue weighted by atomic mass is 9.92. The van der Waals surface area contributed by atoms with E-state index in [9.17, 15) is 26.4 Å². The van der Waals surface area contributed by atoms with Crippen LogP contribution in [0, 0.1) is 6.92 Å². The zero-order valence-electron chi connectivity index (χ0n) is 22.2. The summed E-state index contributed by atoms with van der Waals surface area (Å²) in [5.41, 5.74) is 5.64. The third-order valence-electron chi connectivity index (χ3n) is 5.56. The van der Waals surface area contributed by atoms with Gasteiger partial charge in [-0.1, -0.05) is 31.0 Å². The van der Waals surface area contributed by atoms with Crippen LogP contribution in [0.3, 0.4) is 0 Å². The number of nitrogens with zero attached hydrogens (tertiary/aromatic N) is 1. The Balaban J connectivity index is 0.00000588. The van der Waals surface area contributed by atoms with Crippen LogP contribution in [0.5, 0.6) is 17.4 Å². The Labute approximate surface area is 239 Å². The molecule has 0 aliphatic heterocycles. The molecule has 0 spiro atoms.